The van der Waals surface area contributed by atoms with Crippen LogP contribution in [0.2, 0.25) is 0 Å². The topological polar surface area (TPSA) is 32.7 Å². The highest BCUT2D eigenvalue weighted by molar-refractivity contribution is 6.20. The molecule has 0 aromatic heterocycles. The van der Waals surface area contributed by atoms with E-state index in [1.165, 1.54) is 0 Å². The van der Waals surface area contributed by atoms with E-state index in [1.807, 2.05) is 65.6 Å². The Kier molecular flexibility index (Phi) is 6.09. The van der Waals surface area contributed by atoms with E-state index in [4.69, 9.17) is 4.99 Å². The standard InChI is InChI=1S/C31H28N2O/c1-22(2)29-31(34)33(21-25-17-9-10-18-26(25)23-13-5-3-6-14-23)28-20-12-11-19-27(28)30(32-29)24-15-7-4-8-16-24/h3-20,22,29H,21H2,1-2H3/t29-/m0/s1. The molecule has 34 heavy (non-hydrogen) atoms. The van der Waals surface area contributed by atoms with Gasteiger partial charge in [-0.1, -0.05) is 117 Å². The van der Waals surface area contributed by atoms with Crippen LogP contribution in [0.15, 0.2) is 114 Å². The van der Waals surface area contributed by atoms with E-state index < -0.39 is 6.04 Å². The molecule has 3 heteroatoms. The molecule has 0 saturated heterocycles. The number of carbonyl (C=O) groups excluding carboxylic acids is 1. The van der Waals surface area contributed by atoms with Gasteiger partial charge in [-0.2, -0.15) is 0 Å². The molecule has 0 saturated carbocycles. The van der Waals surface area contributed by atoms with Gasteiger partial charge in [-0.15, -0.1) is 0 Å². The van der Waals surface area contributed by atoms with Crippen molar-refractivity contribution in [2.24, 2.45) is 10.9 Å². The summed E-state index contributed by atoms with van der Waals surface area (Å²) in [6.07, 6.45) is 0. The quantitative estimate of drug-likeness (QED) is 0.335. The molecule has 1 atom stereocenters. The van der Waals surface area contributed by atoms with Crippen LogP contribution in [-0.4, -0.2) is 17.7 Å². The van der Waals surface area contributed by atoms with Crippen molar-refractivity contribution in [2.75, 3.05) is 4.90 Å². The SMILES string of the molecule is CC(C)[C@@H]1N=C(c2ccccc2)c2ccccc2N(Cc2ccccc2-c2ccccc2)C1=O. The maximum absolute atomic E-state index is 14.0. The van der Waals surface area contributed by atoms with E-state index in [0.29, 0.717) is 6.54 Å². The highest BCUT2D eigenvalue weighted by atomic mass is 16.2. The molecule has 0 bridgehead atoms. The van der Waals surface area contributed by atoms with Crippen molar-refractivity contribution in [3.63, 3.8) is 0 Å². The minimum absolute atomic E-state index is 0.0382. The Labute approximate surface area is 201 Å². The summed E-state index contributed by atoms with van der Waals surface area (Å²) in [5, 5.41) is 0. The zero-order valence-electron chi connectivity index (χ0n) is 19.6. The number of aliphatic imine (C=N–C) groups is 1. The summed E-state index contributed by atoms with van der Waals surface area (Å²) >= 11 is 0. The Morgan fingerprint density at radius 1 is 0.706 bits per heavy atom. The highest BCUT2D eigenvalue weighted by Gasteiger charge is 2.34. The fourth-order valence-electron chi connectivity index (χ4n) is 4.60. The minimum atomic E-state index is -0.452. The zero-order chi connectivity index (χ0) is 23.5. The van der Waals surface area contributed by atoms with Gasteiger partial charge in [0, 0.05) is 11.1 Å². The van der Waals surface area contributed by atoms with Crippen molar-refractivity contribution < 1.29 is 4.79 Å². The molecule has 0 N–H and O–H groups in total. The number of fused-ring (bicyclic) bond motifs is 1. The molecule has 5 rings (SSSR count). The van der Waals surface area contributed by atoms with Crippen LogP contribution in [0.3, 0.4) is 0 Å². The maximum Gasteiger partial charge on any atom is 0.252 e. The number of anilines is 1. The van der Waals surface area contributed by atoms with E-state index in [-0.39, 0.29) is 11.8 Å². The molecule has 3 nitrogen and oxygen atoms in total. The summed E-state index contributed by atoms with van der Waals surface area (Å²) in [7, 11) is 0. The molecule has 4 aromatic rings. The van der Waals surface area contributed by atoms with Gasteiger partial charge in [-0.3, -0.25) is 9.79 Å². The number of para-hydroxylation sites is 1. The molecule has 0 radical (unpaired) electrons. The highest BCUT2D eigenvalue weighted by Crippen LogP contribution is 2.33. The molecule has 1 heterocycles. The largest absolute Gasteiger partial charge is 0.305 e. The van der Waals surface area contributed by atoms with E-state index >= 15 is 0 Å². The Morgan fingerprint density at radius 3 is 1.94 bits per heavy atom. The van der Waals surface area contributed by atoms with Crippen molar-refractivity contribution in [2.45, 2.75) is 26.4 Å². The van der Waals surface area contributed by atoms with Crippen LogP contribution >= 0.6 is 0 Å². The van der Waals surface area contributed by atoms with Crippen LogP contribution in [0.25, 0.3) is 11.1 Å². The number of rotatable bonds is 5. The molecule has 168 valence electrons. The predicted octanol–water partition coefficient (Wildman–Crippen LogP) is 6.76. The van der Waals surface area contributed by atoms with Crippen molar-refractivity contribution in [3.8, 4) is 11.1 Å². The van der Waals surface area contributed by atoms with Gasteiger partial charge >= 0.3 is 0 Å². The second-order valence-corrected chi connectivity index (χ2v) is 9.00. The second kappa shape index (κ2) is 9.48. The van der Waals surface area contributed by atoms with E-state index in [2.05, 4.69) is 62.4 Å². The Morgan fingerprint density at radius 2 is 1.26 bits per heavy atom. The lowest BCUT2D eigenvalue weighted by atomic mass is 9.97. The smallest absolute Gasteiger partial charge is 0.252 e. The lowest BCUT2D eigenvalue weighted by molar-refractivity contribution is -0.120. The van der Waals surface area contributed by atoms with Gasteiger partial charge in [0.15, 0.2) is 0 Å². The van der Waals surface area contributed by atoms with Gasteiger partial charge < -0.3 is 4.90 Å². The third kappa shape index (κ3) is 4.17. The summed E-state index contributed by atoms with van der Waals surface area (Å²) in [6, 6.07) is 36.6. The van der Waals surface area contributed by atoms with Crippen LogP contribution in [0.1, 0.15) is 30.5 Å². The fraction of sp³-hybridized carbons (Fsp3) is 0.161. The van der Waals surface area contributed by atoms with E-state index in [0.717, 1.165) is 39.2 Å². The first-order valence-corrected chi connectivity index (χ1v) is 11.8. The zero-order valence-corrected chi connectivity index (χ0v) is 19.6. The number of hydrogen-bond acceptors (Lipinski definition) is 2. The molecular weight excluding hydrogens is 416 g/mol. The van der Waals surface area contributed by atoms with Crippen molar-refractivity contribution in [3.05, 3.63) is 126 Å². The summed E-state index contributed by atoms with van der Waals surface area (Å²) in [4.78, 5) is 21.0. The lowest BCUT2D eigenvalue weighted by Gasteiger charge is -2.27. The van der Waals surface area contributed by atoms with Crippen molar-refractivity contribution in [1.29, 1.82) is 0 Å². The Hall–Kier alpha value is -3.98. The molecular formula is C31H28N2O. The van der Waals surface area contributed by atoms with Crippen LogP contribution in [-0.2, 0) is 11.3 Å². The van der Waals surface area contributed by atoms with E-state index in [9.17, 15) is 4.79 Å². The molecule has 0 spiro atoms. The predicted molar refractivity (Wildman–Crippen MR) is 140 cm³/mol. The van der Waals surface area contributed by atoms with Gasteiger partial charge in [0.1, 0.15) is 6.04 Å². The normalized spacial score (nSPS) is 15.6. The van der Waals surface area contributed by atoms with Crippen LogP contribution in [0, 0.1) is 5.92 Å². The number of hydrogen-bond donors (Lipinski definition) is 0. The van der Waals surface area contributed by atoms with Crippen LogP contribution < -0.4 is 4.90 Å². The molecule has 0 fully saturated rings. The number of nitrogens with zero attached hydrogens (tertiary/aromatic N) is 2. The first kappa shape index (κ1) is 21.8. The van der Waals surface area contributed by atoms with Crippen LogP contribution in [0.4, 0.5) is 5.69 Å². The van der Waals surface area contributed by atoms with E-state index in [1.54, 1.807) is 0 Å². The first-order chi connectivity index (χ1) is 16.6. The number of benzene rings is 4. The van der Waals surface area contributed by atoms with Crippen LogP contribution in [0.5, 0.6) is 0 Å². The molecule has 0 unspecified atom stereocenters. The first-order valence-electron chi connectivity index (χ1n) is 11.8. The Bertz CT molecular complexity index is 1330. The van der Waals surface area contributed by atoms with Crippen molar-refractivity contribution >= 4 is 17.3 Å². The number of carbonyl (C=O) groups is 1. The second-order valence-electron chi connectivity index (χ2n) is 9.00. The lowest BCUT2D eigenvalue weighted by Crippen LogP contribution is -2.40. The molecule has 1 aliphatic heterocycles. The summed E-state index contributed by atoms with van der Waals surface area (Å²) in [5.41, 5.74) is 7.20. The summed E-state index contributed by atoms with van der Waals surface area (Å²) < 4.78 is 0. The van der Waals surface area contributed by atoms with Gasteiger partial charge in [0.2, 0.25) is 0 Å². The average Bonchev–Trinajstić information content (AvgIpc) is 3.00. The van der Waals surface area contributed by atoms with Gasteiger partial charge in [0.05, 0.1) is 17.9 Å². The number of benzodiazepines with no additional fused rings is 1. The fourth-order valence-corrected chi connectivity index (χ4v) is 4.60. The molecule has 4 aromatic carbocycles. The number of amides is 1. The monoisotopic (exact) mass is 444 g/mol. The van der Waals surface area contributed by atoms with Gasteiger partial charge in [0.25, 0.3) is 5.91 Å². The third-order valence-corrected chi connectivity index (χ3v) is 6.35. The average molecular weight is 445 g/mol. The summed E-state index contributed by atoms with van der Waals surface area (Å²) in [6.45, 7) is 4.63. The van der Waals surface area contributed by atoms with Gasteiger partial charge in [-0.25, -0.2) is 0 Å². The maximum atomic E-state index is 14.0. The van der Waals surface area contributed by atoms with Crippen molar-refractivity contribution in [1.82, 2.24) is 0 Å². The molecule has 1 amide bonds. The molecule has 0 aliphatic carbocycles. The third-order valence-electron chi connectivity index (χ3n) is 6.35. The molecule has 1 aliphatic rings. The summed E-state index contributed by atoms with van der Waals surface area (Å²) in [5.74, 6) is 0.114. The van der Waals surface area contributed by atoms with Gasteiger partial charge in [-0.05, 0) is 28.7 Å². The Balaban J connectivity index is 1.65. The minimum Gasteiger partial charge on any atom is -0.305 e.